The van der Waals surface area contributed by atoms with Crippen LogP contribution < -0.4 is 0 Å². The van der Waals surface area contributed by atoms with Gasteiger partial charge in [0.05, 0.1) is 13.4 Å². The number of aromatic nitrogens is 3. The lowest BCUT2D eigenvalue weighted by molar-refractivity contribution is -0.140. The lowest BCUT2D eigenvalue weighted by atomic mass is 10.1. The first kappa shape index (κ1) is 23.6. The van der Waals surface area contributed by atoms with E-state index in [1.54, 1.807) is 24.7 Å². The number of carbonyl (C=O) groups excluding carboxylic acids is 1. The summed E-state index contributed by atoms with van der Waals surface area (Å²) < 4.78 is 34.5. The van der Waals surface area contributed by atoms with Gasteiger partial charge in [-0.1, -0.05) is 31.0 Å². The van der Waals surface area contributed by atoms with E-state index in [0.717, 1.165) is 30.5 Å². The lowest BCUT2D eigenvalue weighted by Gasteiger charge is -2.22. The highest BCUT2D eigenvalue weighted by molar-refractivity contribution is 7.89. The number of ether oxygens (including phenoxy) is 1. The maximum Gasteiger partial charge on any atom is 0.305 e. The molecule has 2 aromatic heterocycles. The van der Waals surface area contributed by atoms with Crippen LogP contribution in [0.4, 0.5) is 0 Å². The van der Waals surface area contributed by atoms with Crippen molar-refractivity contribution in [3.63, 3.8) is 0 Å². The Labute approximate surface area is 188 Å². The molecule has 1 aromatic carbocycles. The van der Waals surface area contributed by atoms with Crippen LogP contribution in [-0.4, -0.2) is 46.9 Å². The first-order valence-electron chi connectivity index (χ1n) is 10.6. The Morgan fingerprint density at radius 1 is 1.03 bits per heavy atom. The van der Waals surface area contributed by atoms with Gasteiger partial charge >= 0.3 is 5.97 Å². The van der Waals surface area contributed by atoms with Crippen LogP contribution in [0.3, 0.4) is 0 Å². The highest BCUT2D eigenvalue weighted by atomic mass is 32.2. The summed E-state index contributed by atoms with van der Waals surface area (Å²) >= 11 is 0. The number of rotatable bonds is 12. The molecule has 0 aliphatic heterocycles. The zero-order valence-electron chi connectivity index (χ0n) is 18.1. The molecule has 3 aromatic rings. The van der Waals surface area contributed by atoms with Gasteiger partial charge in [-0.15, -0.1) is 0 Å². The number of unbranched alkanes of at least 4 members (excludes halogenated alkanes) is 3. The van der Waals surface area contributed by atoms with Crippen molar-refractivity contribution in [3.05, 3.63) is 72.9 Å². The van der Waals surface area contributed by atoms with Crippen molar-refractivity contribution in [2.45, 2.75) is 43.7 Å². The van der Waals surface area contributed by atoms with E-state index in [1.165, 1.54) is 23.7 Å². The van der Waals surface area contributed by atoms with E-state index >= 15 is 0 Å². The number of imidazole rings is 1. The predicted molar refractivity (Wildman–Crippen MR) is 120 cm³/mol. The number of sulfonamides is 1. The van der Waals surface area contributed by atoms with Crippen molar-refractivity contribution in [3.8, 4) is 5.69 Å². The molecular weight excluding hydrogens is 428 g/mol. The van der Waals surface area contributed by atoms with Gasteiger partial charge in [-0.3, -0.25) is 4.79 Å². The Bertz CT molecular complexity index is 1070. The van der Waals surface area contributed by atoms with Crippen molar-refractivity contribution in [1.29, 1.82) is 0 Å². The van der Waals surface area contributed by atoms with E-state index < -0.39 is 10.0 Å². The van der Waals surface area contributed by atoms with E-state index in [0.29, 0.717) is 19.4 Å². The summed E-state index contributed by atoms with van der Waals surface area (Å²) in [6, 6.07) is 12.6. The number of benzene rings is 1. The van der Waals surface area contributed by atoms with Gasteiger partial charge in [0.15, 0.2) is 5.03 Å². The van der Waals surface area contributed by atoms with Gasteiger partial charge in [-0.05, 0) is 42.7 Å². The van der Waals surface area contributed by atoms with Crippen LogP contribution in [-0.2, 0) is 26.1 Å². The molecule has 0 atom stereocenters. The molecule has 0 N–H and O–H groups in total. The number of esters is 1. The Hall–Kier alpha value is -3.04. The number of carbonyl (C=O) groups is 1. The lowest BCUT2D eigenvalue weighted by Crippen LogP contribution is -2.32. The molecule has 8 nitrogen and oxygen atoms in total. The van der Waals surface area contributed by atoms with Crippen LogP contribution >= 0.6 is 0 Å². The summed E-state index contributed by atoms with van der Waals surface area (Å²) in [6.07, 6.45) is 10.2. The first-order chi connectivity index (χ1) is 15.5. The maximum absolute atomic E-state index is 13.2. The monoisotopic (exact) mass is 456 g/mol. The quantitative estimate of drug-likeness (QED) is 0.305. The number of hydrogen-bond acceptors (Lipinski definition) is 6. The summed E-state index contributed by atoms with van der Waals surface area (Å²) in [5, 5.41) is 0.0423. The zero-order valence-corrected chi connectivity index (χ0v) is 18.9. The SMILES string of the molecule is COC(=O)CCCCCCN(Cc1ccc(-n2ccnc2)cc1)S(=O)(=O)c1ccccn1. The Kier molecular flexibility index (Phi) is 8.52. The van der Waals surface area contributed by atoms with Crippen molar-refractivity contribution < 1.29 is 17.9 Å². The van der Waals surface area contributed by atoms with Crippen LogP contribution in [0.5, 0.6) is 0 Å². The molecule has 32 heavy (non-hydrogen) atoms. The minimum Gasteiger partial charge on any atom is -0.469 e. The van der Waals surface area contributed by atoms with Crippen LogP contribution in [0, 0.1) is 0 Å². The fraction of sp³-hybridized carbons (Fsp3) is 0.348. The Balaban J connectivity index is 1.67. The molecule has 0 saturated heterocycles. The summed E-state index contributed by atoms with van der Waals surface area (Å²) in [4.78, 5) is 19.3. The van der Waals surface area contributed by atoms with Crippen molar-refractivity contribution in [1.82, 2.24) is 18.8 Å². The van der Waals surface area contributed by atoms with E-state index in [9.17, 15) is 13.2 Å². The van der Waals surface area contributed by atoms with Gasteiger partial charge in [0.1, 0.15) is 0 Å². The van der Waals surface area contributed by atoms with E-state index in [1.807, 2.05) is 35.0 Å². The fourth-order valence-electron chi connectivity index (χ4n) is 3.32. The molecule has 0 aliphatic rings. The Morgan fingerprint density at radius 2 is 1.81 bits per heavy atom. The van der Waals surface area contributed by atoms with Crippen molar-refractivity contribution in [2.24, 2.45) is 0 Å². The molecule has 0 aliphatic carbocycles. The highest BCUT2D eigenvalue weighted by Crippen LogP contribution is 2.19. The summed E-state index contributed by atoms with van der Waals surface area (Å²) in [5.74, 6) is -0.219. The molecule has 0 saturated carbocycles. The number of pyridine rings is 1. The summed E-state index contributed by atoms with van der Waals surface area (Å²) in [6.45, 7) is 0.631. The van der Waals surface area contributed by atoms with Gasteiger partial charge in [-0.25, -0.2) is 18.4 Å². The van der Waals surface area contributed by atoms with Crippen LogP contribution in [0.15, 0.2) is 72.4 Å². The van der Waals surface area contributed by atoms with E-state index in [4.69, 9.17) is 0 Å². The predicted octanol–water partition coefficient (Wildman–Crippen LogP) is 3.58. The second kappa shape index (κ2) is 11.5. The van der Waals surface area contributed by atoms with Crippen LogP contribution in [0.2, 0.25) is 0 Å². The molecule has 0 amide bonds. The smallest absolute Gasteiger partial charge is 0.305 e. The van der Waals surface area contributed by atoms with E-state index in [2.05, 4.69) is 14.7 Å². The zero-order chi connectivity index (χ0) is 22.8. The molecule has 170 valence electrons. The maximum atomic E-state index is 13.2. The molecule has 0 spiro atoms. The standard InChI is InChI=1S/C23H28N4O4S/c1-31-23(28)9-4-2-3-7-16-27(32(29,30)22-8-5-6-14-25-22)18-20-10-12-21(13-11-20)26-17-15-24-19-26/h5-6,8,10-15,17,19H,2-4,7,9,16,18H2,1H3. The largest absolute Gasteiger partial charge is 0.469 e. The van der Waals surface area contributed by atoms with Crippen molar-refractivity contribution in [2.75, 3.05) is 13.7 Å². The third kappa shape index (κ3) is 6.48. The number of methoxy groups -OCH3 is 1. The first-order valence-corrected chi connectivity index (χ1v) is 12.0. The molecule has 0 radical (unpaired) electrons. The van der Waals surface area contributed by atoms with Crippen LogP contribution in [0.25, 0.3) is 5.69 Å². The highest BCUT2D eigenvalue weighted by Gasteiger charge is 2.25. The van der Waals surface area contributed by atoms with E-state index in [-0.39, 0.29) is 17.5 Å². The molecule has 3 rings (SSSR count). The fourth-order valence-corrected chi connectivity index (χ4v) is 4.72. The van der Waals surface area contributed by atoms with Gasteiger partial charge in [0, 0.05) is 43.8 Å². The summed E-state index contributed by atoms with van der Waals surface area (Å²) in [5.41, 5.74) is 1.84. The molecular formula is C23H28N4O4S. The Morgan fingerprint density at radius 3 is 2.47 bits per heavy atom. The molecule has 9 heteroatoms. The minimum atomic E-state index is -3.73. The summed E-state index contributed by atoms with van der Waals surface area (Å²) in [7, 11) is -2.35. The second-order valence-electron chi connectivity index (χ2n) is 7.38. The number of hydrogen-bond donors (Lipinski definition) is 0. The molecule has 0 unspecified atom stereocenters. The van der Waals surface area contributed by atoms with Gasteiger partial charge in [-0.2, -0.15) is 4.31 Å². The van der Waals surface area contributed by atoms with Gasteiger partial charge in [0.25, 0.3) is 10.0 Å². The normalized spacial score (nSPS) is 11.6. The van der Waals surface area contributed by atoms with Gasteiger partial charge in [0.2, 0.25) is 0 Å². The topological polar surface area (TPSA) is 94.4 Å². The van der Waals surface area contributed by atoms with Gasteiger partial charge < -0.3 is 9.30 Å². The molecule has 0 bridgehead atoms. The molecule has 2 heterocycles. The van der Waals surface area contributed by atoms with Crippen molar-refractivity contribution >= 4 is 16.0 Å². The number of nitrogens with zero attached hydrogens (tertiary/aromatic N) is 4. The minimum absolute atomic E-state index is 0.0423. The average Bonchev–Trinajstić information content (AvgIpc) is 3.36. The third-order valence-electron chi connectivity index (χ3n) is 5.11. The third-order valence-corrected chi connectivity index (χ3v) is 6.87. The average molecular weight is 457 g/mol. The van der Waals surface area contributed by atoms with Crippen LogP contribution in [0.1, 0.15) is 37.7 Å². The second-order valence-corrected chi connectivity index (χ2v) is 9.27. The molecule has 0 fully saturated rings.